The summed E-state index contributed by atoms with van der Waals surface area (Å²) in [4.78, 5) is 12.1. The van der Waals surface area contributed by atoms with Crippen molar-refractivity contribution in [1.29, 1.82) is 0 Å². The number of rotatable bonds is 11. The van der Waals surface area contributed by atoms with Crippen molar-refractivity contribution < 1.29 is 9.53 Å². The van der Waals surface area contributed by atoms with E-state index in [4.69, 9.17) is 4.74 Å². The van der Waals surface area contributed by atoms with Crippen molar-refractivity contribution in [3.8, 4) is 5.75 Å². The molecule has 144 valence electrons. The Morgan fingerprint density at radius 1 is 0.926 bits per heavy atom. The number of nitrogens with one attached hydrogen (secondary N) is 1. The number of azo groups is 1. The molecule has 0 bridgehead atoms. The number of unbranched alkanes of at least 4 members (excludes halogenated alkanes) is 3. The van der Waals surface area contributed by atoms with Crippen LogP contribution in [0.1, 0.15) is 43.0 Å². The monoisotopic (exact) mass is 385 g/mol. The molecule has 0 atom stereocenters. The van der Waals surface area contributed by atoms with E-state index in [2.05, 4.69) is 28.2 Å². The number of hydrogen-bond donors (Lipinski definition) is 2. The smallest absolute Gasteiger partial charge is 0.251 e. The zero-order valence-corrected chi connectivity index (χ0v) is 16.6. The molecule has 0 aliphatic heterocycles. The van der Waals surface area contributed by atoms with Crippen molar-refractivity contribution in [1.82, 2.24) is 5.32 Å². The van der Waals surface area contributed by atoms with Crippen molar-refractivity contribution in [3.05, 3.63) is 54.1 Å². The van der Waals surface area contributed by atoms with Gasteiger partial charge >= 0.3 is 0 Å². The van der Waals surface area contributed by atoms with Crippen LogP contribution in [0.3, 0.4) is 0 Å². The number of amides is 1. The average Bonchev–Trinajstić information content (AvgIpc) is 2.70. The van der Waals surface area contributed by atoms with E-state index >= 15 is 0 Å². The van der Waals surface area contributed by atoms with Gasteiger partial charge in [0.15, 0.2) is 0 Å². The highest BCUT2D eigenvalue weighted by atomic mass is 32.1. The standard InChI is InChI=1S/C21H27N3O2S/c1-2-26-20-13-11-19(12-14-20)24-23-18-9-7-17(8-10-18)21(25)22-15-5-3-4-6-16-27/h7-14,27H,2-6,15-16H2,1H3,(H,22,25). The summed E-state index contributed by atoms with van der Waals surface area (Å²) in [6.07, 6.45) is 4.40. The van der Waals surface area contributed by atoms with Crippen molar-refractivity contribution >= 4 is 29.9 Å². The lowest BCUT2D eigenvalue weighted by atomic mass is 10.2. The van der Waals surface area contributed by atoms with Gasteiger partial charge in [-0.2, -0.15) is 22.9 Å². The summed E-state index contributed by atoms with van der Waals surface area (Å²) in [6.45, 7) is 3.28. The first kappa shape index (κ1) is 21.0. The van der Waals surface area contributed by atoms with Gasteiger partial charge in [-0.15, -0.1) is 0 Å². The number of benzene rings is 2. The number of hydrogen-bond acceptors (Lipinski definition) is 5. The van der Waals surface area contributed by atoms with Crippen LogP contribution in [0.5, 0.6) is 5.75 Å². The number of carbonyl (C=O) groups is 1. The second kappa shape index (κ2) is 12.1. The normalized spacial score (nSPS) is 10.9. The minimum Gasteiger partial charge on any atom is -0.494 e. The molecule has 2 aromatic rings. The number of carbonyl (C=O) groups excluding carboxylic acids is 1. The summed E-state index contributed by atoms with van der Waals surface area (Å²) in [5.41, 5.74) is 2.08. The Morgan fingerprint density at radius 3 is 2.11 bits per heavy atom. The van der Waals surface area contributed by atoms with E-state index in [-0.39, 0.29) is 5.91 Å². The second-order valence-corrected chi connectivity index (χ2v) is 6.51. The minimum atomic E-state index is -0.0563. The minimum absolute atomic E-state index is 0.0563. The lowest BCUT2D eigenvalue weighted by Gasteiger charge is -2.05. The van der Waals surface area contributed by atoms with Gasteiger partial charge in [0.25, 0.3) is 5.91 Å². The lowest BCUT2D eigenvalue weighted by Crippen LogP contribution is -2.24. The molecule has 2 aromatic carbocycles. The topological polar surface area (TPSA) is 63.1 Å². The molecular weight excluding hydrogens is 358 g/mol. The Kier molecular flexibility index (Phi) is 9.41. The van der Waals surface area contributed by atoms with Gasteiger partial charge in [0.1, 0.15) is 5.75 Å². The Balaban J connectivity index is 1.80. The molecule has 6 heteroatoms. The molecule has 0 saturated carbocycles. The molecular formula is C21H27N3O2S. The highest BCUT2D eigenvalue weighted by Crippen LogP contribution is 2.21. The maximum Gasteiger partial charge on any atom is 0.251 e. The molecule has 0 unspecified atom stereocenters. The SMILES string of the molecule is CCOc1ccc(N=Nc2ccc(C(=O)NCCCCCCS)cc2)cc1. The van der Waals surface area contributed by atoms with Crippen LogP contribution in [0.15, 0.2) is 58.8 Å². The molecule has 0 fully saturated rings. The van der Waals surface area contributed by atoms with Crippen LogP contribution in [-0.4, -0.2) is 24.8 Å². The van der Waals surface area contributed by atoms with E-state index in [1.54, 1.807) is 24.3 Å². The third-order valence-corrected chi connectivity index (χ3v) is 4.24. The van der Waals surface area contributed by atoms with Gasteiger partial charge in [-0.25, -0.2) is 0 Å². The Labute approximate surface area is 166 Å². The van der Waals surface area contributed by atoms with E-state index < -0.39 is 0 Å². The van der Waals surface area contributed by atoms with Crippen LogP contribution in [0, 0.1) is 0 Å². The molecule has 0 spiro atoms. The first-order valence-corrected chi connectivity index (χ1v) is 10.00. The molecule has 5 nitrogen and oxygen atoms in total. The Hall–Kier alpha value is -2.34. The van der Waals surface area contributed by atoms with Gasteiger partial charge in [-0.05, 0) is 74.0 Å². The van der Waals surface area contributed by atoms with E-state index in [9.17, 15) is 4.79 Å². The molecule has 0 radical (unpaired) electrons. The van der Waals surface area contributed by atoms with Crippen LogP contribution in [0.25, 0.3) is 0 Å². The number of nitrogens with zero attached hydrogens (tertiary/aromatic N) is 2. The number of thiol groups is 1. The summed E-state index contributed by atoms with van der Waals surface area (Å²) in [5.74, 6) is 1.68. The van der Waals surface area contributed by atoms with E-state index in [1.807, 2.05) is 31.2 Å². The third-order valence-electron chi connectivity index (χ3n) is 3.93. The van der Waals surface area contributed by atoms with Crippen LogP contribution in [-0.2, 0) is 0 Å². The third kappa shape index (κ3) is 7.83. The van der Waals surface area contributed by atoms with E-state index in [1.165, 1.54) is 0 Å². The summed E-state index contributed by atoms with van der Waals surface area (Å²) in [5, 5.41) is 11.3. The predicted molar refractivity (Wildman–Crippen MR) is 113 cm³/mol. The first-order chi connectivity index (χ1) is 13.2. The molecule has 1 amide bonds. The molecule has 0 aliphatic carbocycles. The molecule has 0 aromatic heterocycles. The average molecular weight is 386 g/mol. The molecule has 2 rings (SSSR count). The Bertz CT molecular complexity index is 715. The van der Waals surface area contributed by atoms with Crippen molar-refractivity contribution in [2.45, 2.75) is 32.6 Å². The van der Waals surface area contributed by atoms with Crippen LogP contribution in [0.2, 0.25) is 0 Å². The van der Waals surface area contributed by atoms with Crippen LogP contribution < -0.4 is 10.1 Å². The van der Waals surface area contributed by atoms with Crippen LogP contribution in [0.4, 0.5) is 11.4 Å². The van der Waals surface area contributed by atoms with Crippen molar-refractivity contribution in [2.75, 3.05) is 18.9 Å². The first-order valence-electron chi connectivity index (χ1n) is 9.36. The zero-order chi connectivity index (χ0) is 19.3. The highest BCUT2D eigenvalue weighted by Gasteiger charge is 2.04. The highest BCUT2D eigenvalue weighted by molar-refractivity contribution is 7.80. The fourth-order valence-corrected chi connectivity index (χ4v) is 2.69. The van der Waals surface area contributed by atoms with E-state index in [0.717, 1.165) is 42.9 Å². The van der Waals surface area contributed by atoms with Gasteiger partial charge in [0.05, 0.1) is 18.0 Å². The van der Waals surface area contributed by atoms with Crippen LogP contribution >= 0.6 is 12.6 Å². The number of ether oxygens (including phenoxy) is 1. The molecule has 0 heterocycles. The van der Waals surface area contributed by atoms with Crippen molar-refractivity contribution in [2.24, 2.45) is 10.2 Å². The van der Waals surface area contributed by atoms with Gasteiger partial charge in [-0.1, -0.05) is 12.8 Å². The zero-order valence-electron chi connectivity index (χ0n) is 15.7. The largest absolute Gasteiger partial charge is 0.494 e. The quantitative estimate of drug-likeness (QED) is 0.295. The summed E-state index contributed by atoms with van der Waals surface area (Å²) >= 11 is 4.19. The molecule has 27 heavy (non-hydrogen) atoms. The molecule has 0 saturated heterocycles. The molecule has 0 aliphatic rings. The van der Waals surface area contributed by atoms with Gasteiger partial charge < -0.3 is 10.1 Å². The Morgan fingerprint density at radius 2 is 1.52 bits per heavy atom. The van der Waals surface area contributed by atoms with Gasteiger partial charge in [-0.3, -0.25) is 4.79 Å². The lowest BCUT2D eigenvalue weighted by molar-refractivity contribution is 0.0953. The predicted octanol–water partition coefficient (Wildman–Crippen LogP) is 5.72. The molecule has 1 N–H and O–H groups in total. The van der Waals surface area contributed by atoms with Gasteiger partial charge in [0, 0.05) is 12.1 Å². The van der Waals surface area contributed by atoms with Gasteiger partial charge in [0.2, 0.25) is 0 Å². The second-order valence-electron chi connectivity index (χ2n) is 6.07. The summed E-state index contributed by atoms with van der Waals surface area (Å²) in [6, 6.07) is 14.6. The summed E-state index contributed by atoms with van der Waals surface area (Å²) in [7, 11) is 0. The van der Waals surface area contributed by atoms with E-state index in [0.29, 0.717) is 24.4 Å². The van der Waals surface area contributed by atoms with Crippen molar-refractivity contribution in [3.63, 3.8) is 0 Å². The maximum atomic E-state index is 12.1. The maximum absolute atomic E-state index is 12.1. The summed E-state index contributed by atoms with van der Waals surface area (Å²) < 4.78 is 5.40. The fraction of sp³-hybridized carbons (Fsp3) is 0.381. The fourth-order valence-electron chi connectivity index (χ4n) is 2.46.